The topological polar surface area (TPSA) is 62.1 Å². The molecule has 1 N–H and O–H groups in total. The van der Waals surface area contributed by atoms with E-state index in [0.29, 0.717) is 25.0 Å². The third-order valence-electron chi connectivity index (χ3n) is 5.36. The van der Waals surface area contributed by atoms with Gasteiger partial charge in [-0.15, -0.1) is 0 Å². The van der Waals surface area contributed by atoms with Crippen LogP contribution in [0.1, 0.15) is 43.2 Å². The molecule has 2 aliphatic rings. The lowest BCUT2D eigenvalue weighted by atomic mass is 9.87. The Morgan fingerprint density at radius 1 is 1.30 bits per heavy atom. The molecule has 5 nitrogen and oxygen atoms in total. The van der Waals surface area contributed by atoms with Gasteiger partial charge in [0.25, 0.3) is 11.6 Å². The van der Waals surface area contributed by atoms with Crippen molar-refractivity contribution in [3.63, 3.8) is 0 Å². The van der Waals surface area contributed by atoms with Crippen LogP contribution in [0, 0.1) is 19.8 Å². The average Bonchev–Trinajstić information content (AvgIpc) is 2.75. The van der Waals surface area contributed by atoms with Gasteiger partial charge in [0, 0.05) is 5.71 Å². The first-order valence-corrected chi connectivity index (χ1v) is 9.04. The smallest absolute Gasteiger partial charge is 0.439 e. The molecule has 27 heavy (non-hydrogen) atoms. The molecule has 1 aromatic carbocycles. The lowest BCUT2D eigenvalue weighted by Gasteiger charge is -2.37. The summed E-state index contributed by atoms with van der Waals surface area (Å²) in [7, 11) is 0. The Morgan fingerprint density at radius 3 is 2.70 bits per heavy atom. The lowest BCUT2D eigenvalue weighted by molar-refractivity contribution is -0.317. The SMILES string of the molecule is Cc1ccc(OCC(=O)N2N=C3CCCCCC3C2(O)C(F)(F)F)cc1C. The van der Waals surface area contributed by atoms with Crippen LogP contribution in [0.4, 0.5) is 13.2 Å². The second kappa shape index (κ2) is 7.14. The summed E-state index contributed by atoms with van der Waals surface area (Å²) in [6, 6.07) is 5.15. The molecule has 0 radical (unpaired) electrons. The number of hydrogen-bond acceptors (Lipinski definition) is 4. The van der Waals surface area contributed by atoms with E-state index in [1.807, 2.05) is 13.8 Å². The van der Waals surface area contributed by atoms with Gasteiger partial charge < -0.3 is 9.84 Å². The van der Waals surface area contributed by atoms with Crippen molar-refractivity contribution in [2.75, 3.05) is 6.61 Å². The summed E-state index contributed by atoms with van der Waals surface area (Å²) in [5, 5.41) is 14.6. The molecular weight excluding hydrogens is 361 g/mol. The fourth-order valence-corrected chi connectivity index (χ4v) is 3.65. The van der Waals surface area contributed by atoms with Crippen LogP contribution in [0.15, 0.2) is 23.3 Å². The number of nitrogens with zero attached hydrogens (tertiary/aromatic N) is 2. The number of aryl methyl sites for hydroxylation is 2. The van der Waals surface area contributed by atoms with Gasteiger partial charge in [-0.05, 0) is 56.4 Å². The van der Waals surface area contributed by atoms with Crippen LogP contribution in [0.5, 0.6) is 5.75 Å². The molecule has 0 spiro atoms. The van der Waals surface area contributed by atoms with Crippen LogP contribution in [0.2, 0.25) is 0 Å². The maximum Gasteiger partial charge on any atom is 0.439 e. The first-order chi connectivity index (χ1) is 12.6. The van der Waals surface area contributed by atoms with Crippen LogP contribution < -0.4 is 4.74 Å². The molecule has 3 rings (SSSR count). The summed E-state index contributed by atoms with van der Waals surface area (Å²) >= 11 is 0. The van der Waals surface area contributed by atoms with Gasteiger partial charge in [0.1, 0.15) is 5.75 Å². The van der Waals surface area contributed by atoms with Crippen molar-refractivity contribution in [2.24, 2.45) is 11.0 Å². The van der Waals surface area contributed by atoms with E-state index in [-0.39, 0.29) is 17.1 Å². The molecule has 1 aliphatic carbocycles. The highest BCUT2D eigenvalue weighted by atomic mass is 19.4. The van der Waals surface area contributed by atoms with Crippen LogP contribution >= 0.6 is 0 Å². The standard InChI is InChI=1S/C19H23F3N2O3/c1-12-8-9-14(10-13(12)2)27-11-17(25)24-18(26,19(20,21)22)15-6-4-3-5-7-16(15)23-24/h8-10,15,26H,3-7,11H2,1-2H3. The summed E-state index contributed by atoms with van der Waals surface area (Å²) in [6.07, 6.45) is -2.47. The summed E-state index contributed by atoms with van der Waals surface area (Å²) in [6.45, 7) is 3.15. The number of hydrazone groups is 1. The Morgan fingerprint density at radius 2 is 2.04 bits per heavy atom. The highest BCUT2D eigenvalue weighted by Crippen LogP contribution is 2.47. The zero-order valence-electron chi connectivity index (χ0n) is 15.3. The van der Waals surface area contributed by atoms with E-state index in [0.717, 1.165) is 17.5 Å². The molecular formula is C19H23F3N2O3. The number of carbonyl (C=O) groups is 1. The molecule has 1 fully saturated rings. The molecule has 8 heteroatoms. The lowest BCUT2D eigenvalue weighted by Crippen LogP contribution is -2.61. The number of benzene rings is 1. The Balaban J connectivity index is 1.81. The number of fused-ring (bicyclic) bond motifs is 1. The first kappa shape index (κ1) is 19.7. The van der Waals surface area contributed by atoms with Crippen molar-refractivity contribution in [3.8, 4) is 5.75 Å². The third-order valence-corrected chi connectivity index (χ3v) is 5.36. The molecule has 148 valence electrons. The number of rotatable bonds is 3. The van der Waals surface area contributed by atoms with Gasteiger partial charge in [-0.1, -0.05) is 18.9 Å². The molecule has 2 atom stereocenters. The minimum Gasteiger partial charge on any atom is -0.484 e. The number of aliphatic hydroxyl groups is 1. The van der Waals surface area contributed by atoms with E-state index in [1.54, 1.807) is 18.2 Å². The zero-order chi connectivity index (χ0) is 19.8. The second-order valence-corrected chi connectivity index (χ2v) is 7.21. The molecule has 1 heterocycles. The number of amides is 1. The van der Waals surface area contributed by atoms with Gasteiger partial charge in [0.05, 0.1) is 5.92 Å². The van der Waals surface area contributed by atoms with E-state index in [2.05, 4.69) is 5.10 Å². The minimum absolute atomic E-state index is 0.149. The summed E-state index contributed by atoms with van der Waals surface area (Å²) in [5.41, 5.74) is -1.09. The maximum atomic E-state index is 13.8. The van der Waals surface area contributed by atoms with Crippen LogP contribution in [-0.2, 0) is 4.79 Å². The summed E-state index contributed by atoms with van der Waals surface area (Å²) in [5.74, 6) is -1.86. The highest BCUT2D eigenvalue weighted by molar-refractivity contribution is 5.93. The molecule has 1 aromatic rings. The van der Waals surface area contributed by atoms with Crippen molar-refractivity contribution >= 4 is 11.6 Å². The van der Waals surface area contributed by atoms with Gasteiger partial charge >= 0.3 is 6.18 Å². The largest absolute Gasteiger partial charge is 0.484 e. The zero-order valence-corrected chi connectivity index (χ0v) is 15.3. The first-order valence-electron chi connectivity index (χ1n) is 9.04. The number of ether oxygens (including phenoxy) is 1. The van der Waals surface area contributed by atoms with E-state index in [1.165, 1.54) is 0 Å². The molecule has 0 saturated heterocycles. The van der Waals surface area contributed by atoms with E-state index >= 15 is 0 Å². The fourth-order valence-electron chi connectivity index (χ4n) is 3.65. The van der Waals surface area contributed by atoms with Crippen molar-refractivity contribution in [2.45, 2.75) is 57.9 Å². The van der Waals surface area contributed by atoms with Gasteiger partial charge in [0.15, 0.2) is 6.61 Å². The minimum atomic E-state index is -5.01. The fraction of sp³-hybridized carbons (Fsp3) is 0.579. The van der Waals surface area contributed by atoms with Crippen molar-refractivity contribution in [1.82, 2.24) is 5.01 Å². The van der Waals surface area contributed by atoms with Crippen LogP contribution in [-0.4, -0.2) is 40.2 Å². The summed E-state index contributed by atoms with van der Waals surface area (Å²) in [4.78, 5) is 12.5. The maximum absolute atomic E-state index is 13.8. The predicted molar refractivity (Wildman–Crippen MR) is 93.3 cm³/mol. The molecule has 2 unspecified atom stereocenters. The Labute approximate surface area is 155 Å². The molecule has 1 aliphatic heterocycles. The number of alkyl halides is 3. The van der Waals surface area contributed by atoms with Crippen LogP contribution in [0.3, 0.4) is 0 Å². The molecule has 0 aromatic heterocycles. The van der Waals surface area contributed by atoms with Gasteiger partial charge in [-0.2, -0.15) is 23.3 Å². The predicted octanol–water partition coefficient (Wildman–Crippen LogP) is 3.71. The van der Waals surface area contributed by atoms with Gasteiger partial charge in [0.2, 0.25) is 0 Å². The Kier molecular flexibility index (Phi) is 5.20. The molecule has 0 bridgehead atoms. The number of halogens is 3. The molecule has 1 amide bonds. The highest BCUT2D eigenvalue weighted by Gasteiger charge is 2.68. The van der Waals surface area contributed by atoms with Crippen molar-refractivity contribution in [3.05, 3.63) is 29.3 Å². The average molecular weight is 384 g/mol. The van der Waals surface area contributed by atoms with E-state index in [9.17, 15) is 23.1 Å². The van der Waals surface area contributed by atoms with Crippen molar-refractivity contribution < 1.29 is 27.8 Å². The third kappa shape index (κ3) is 3.54. The van der Waals surface area contributed by atoms with E-state index < -0.39 is 30.3 Å². The van der Waals surface area contributed by atoms with E-state index in [4.69, 9.17) is 4.74 Å². The second-order valence-electron chi connectivity index (χ2n) is 7.21. The monoisotopic (exact) mass is 384 g/mol. The molecule has 1 saturated carbocycles. The van der Waals surface area contributed by atoms with Crippen LogP contribution in [0.25, 0.3) is 0 Å². The Hall–Kier alpha value is -2.09. The van der Waals surface area contributed by atoms with Gasteiger partial charge in [-0.3, -0.25) is 4.79 Å². The summed E-state index contributed by atoms with van der Waals surface area (Å²) < 4.78 is 46.6. The number of carbonyl (C=O) groups excluding carboxylic acids is 1. The number of hydrogen-bond donors (Lipinski definition) is 1. The van der Waals surface area contributed by atoms with Gasteiger partial charge in [-0.25, -0.2) is 0 Å². The Bertz CT molecular complexity index is 763. The quantitative estimate of drug-likeness (QED) is 0.864. The normalized spacial score (nSPS) is 25.6. The van der Waals surface area contributed by atoms with Crippen molar-refractivity contribution in [1.29, 1.82) is 0 Å².